The van der Waals surface area contributed by atoms with E-state index in [0.29, 0.717) is 0 Å². The lowest BCUT2D eigenvalue weighted by atomic mass is 10.0. The summed E-state index contributed by atoms with van der Waals surface area (Å²) in [6, 6.07) is 16.1. The predicted octanol–water partition coefficient (Wildman–Crippen LogP) is 3.12. The van der Waals surface area contributed by atoms with Gasteiger partial charge >= 0.3 is 0 Å². The number of hydrogen-bond acceptors (Lipinski definition) is 2. The molecule has 0 atom stereocenters. The molecule has 0 radical (unpaired) electrons. The second kappa shape index (κ2) is 4.37. The molecule has 3 rings (SSSR count). The third-order valence-corrected chi connectivity index (χ3v) is 2.92. The summed E-state index contributed by atoms with van der Waals surface area (Å²) in [6.45, 7) is 0. The minimum Gasteiger partial charge on any atom is -0.398 e. The Labute approximate surface area is 106 Å². The van der Waals surface area contributed by atoms with Crippen molar-refractivity contribution < 1.29 is 0 Å². The van der Waals surface area contributed by atoms with Gasteiger partial charge in [0, 0.05) is 29.3 Å². The second-order valence-corrected chi connectivity index (χ2v) is 4.11. The summed E-state index contributed by atoms with van der Waals surface area (Å²) >= 11 is 0. The van der Waals surface area contributed by atoms with Gasteiger partial charge in [-0.05, 0) is 23.8 Å². The van der Waals surface area contributed by atoms with Crippen LogP contribution in [0.1, 0.15) is 0 Å². The summed E-state index contributed by atoms with van der Waals surface area (Å²) in [6.07, 6.45) is 5.48. The van der Waals surface area contributed by atoms with Gasteiger partial charge in [-0.25, -0.2) is 4.98 Å². The van der Waals surface area contributed by atoms with E-state index in [1.807, 2.05) is 47.2 Å². The fourth-order valence-electron chi connectivity index (χ4n) is 2.01. The molecule has 0 aliphatic heterocycles. The molecule has 2 aromatic carbocycles. The molecule has 3 heteroatoms. The lowest BCUT2D eigenvalue weighted by molar-refractivity contribution is 1.06. The molecular weight excluding hydrogens is 222 g/mol. The Kier molecular flexibility index (Phi) is 2.57. The molecule has 88 valence electrons. The zero-order valence-corrected chi connectivity index (χ0v) is 9.82. The van der Waals surface area contributed by atoms with Gasteiger partial charge in [0.25, 0.3) is 0 Å². The number of rotatable bonds is 2. The van der Waals surface area contributed by atoms with Crippen LogP contribution in [0.5, 0.6) is 0 Å². The first-order valence-corrected chi connectivity index (χ1v) is 5.78. The van der Waals surface area contributed by atoms with Crippen molar-refractivity contribution in [2.45, 2.75) is 0 Å². The fraction of sp³-hybridized carbons (Fsp3) is 0. The highest BCUT2D eigenvalue weighted by atomic mass is 15.0. The normalized spacial score (nSPS) is 10.4. The van der Waals surface area contributed by atoms with E-state index >= 15 is 0 Å². The Morgan fingerprint density at radius 1 is 1.00 bits per heavy atom. The predicted molar refractivity (Wildman–Crippen MR) is 73.4 cm³/mol. The van der Waals surface area contributed by atoms with Crippen molar-refractivity contribution in [3.8, 4) is 16.8 Å². The SMILES string of the molecule is Nc1ccccc1-c1cccc(-n2ccnc2)c1. The molecule has 0 bridgehead atoms. The molecule has 0 fully saturated rings. The summed E-state index contributed by atoms with van der Waals surface area (Å²) in [5.41, 5.74) is 10.0. The van der Waals surface area contributed by atoms with Gasteiger partial charge in [-0.1, -0.05) is 30.3 Å². The molecule has 3 nitrogen and oxygen atoms in total. The number of para-hydroxylation sites is 1. The van der Waals surface area contributed by atoms with Crippen molar-refractivity contribution in [3.63, 3.8) is 0 Å². The molecular formula is C15H13N3. The van der Waals surface area contributed by atoms with E-state index in [2.05, 4.69) is 17.1 Å². The molecule has 0 aliphatic rings. The minimum absolute atomic E-state index is 0.792. The van der Waals surface area contributed by atoms with Crippen LogP contribution in [-0.4, -0.2) is 9.55 Å². The van der Waals surface area contributed by atoms with E-state index in [9.17, 15) is 0 Å². The molecule has 1 aromatic heterocycles. The Hall–Kier alpha value is -2.55. The Balaban J connectivity index is 2.10. The topological polar surface area (TPSA) is 43.8 Å². The van der Waals surface area contributed by atoms with Crippen molar-refractivity contribution in [1.29, 1.82) is 0 Å². The van der Waals surface area contributed by atoms with E-state index in [0.717, 1.165) is 22.5 Å². The van der Waals surface area contributed by atoms with Crippen LogP contribution in [0.3, 0.4) is 0 Å². The maximum absolute atomic E-state index is 6.00. The van der Waals surface area contributed by atoms with Gasteiger partial charge < -0.3 is 10.3 Å². The van der Waals surface area contributed by atoms with Crippen molar-refractivity contribution in [1.82, 2.24) is 9.55 Å². The standard InChI is InChI=1S/C15H13N3/c16-15-7-2-1-6-14(15)12-4-3-5-13(10-12)18-9-8-17-11-18/h1-11H,16H2. The number of nitrogen functional groups attached to an aromatic ring is 1. The van der Waals surface area contributed by atoms with E-state index in [1.165, 1.54) is 0 Å². The first-order chi connectivity index (χ1) is 8.84. The highest BCUT2D eigenvalue weighted by Gasteiger charge is 2.03. The van der Waals surface area contributed by atoms with Crippen molar-refractivity contribution >= 4 is 5.69 Å². The highest BCUT2D eigenvalue weighted by Crippen LogP contribution is 2.26. The largest absolute Gasteiger partial charge is 0.398 e. The number of benzene rings is 2. The highest BCUT2D eigenvalue weighted by molar-refractivity contribution is 5.77. The van der Waals surface area contributed by atoms with Crippen LogP contribution in [0.15, 0.2) is 67.3 Å². The number of imidazole rings is 1. The molecule has 0 saturated heterocycles. The van der Waals surface area contributed by atoms with Gasteiger partial charge in [-0.3, -0.25) is 0 Å². The molecule has 0 amide bonds. The smallest absolute Gasteiger partial charge is 0.0991 e. The van der Waals surface area contributed by atoms with Crippen LogP contribution >= 0.6 is 0 Å². The average Bonchev–Trinajstić information content (AvgIpc) is 2.93. The maximum atomic E-state index is 6.00. The van der Waals surface area contributed by atoms with Crippen LogP contribution in [-0.2, 0) is 0 Å². The zero-order valence-electron chi connectivity index (χ0n) is 9.82. The summed E-state index contributed by atoms with van der Waals surface area (Å²) in [7, 11) is 0. The quantitative estimate of drug-likeness (QED) is 0.693. The van der Waals surface area contributed by atoms with Gasteiger partial charge in [0.15, 0.2) is 0 Å². The number of hydrogen-bond donors (Lipinski definition) is 1. The Morgan fingerprint density at radius 3 is 2.67 bits per heavy atom. The third-order valence-electron chi connectivity index (χ3n) is 2.92. The Bertz CT molecular complexity index is 657. The van der Waals surface area contributed by atoms with E-state index in [1.54, 1.807) is 12.5 Å². The number of nitrogens with zero attached hydrogens (tertiary/aromatic N) is 2. The van der Waals surface area contributed by atoms with Crippen LogP contribution < -0.4 is 5.73 Å². The Morgan fingerprint density at radius 2 is 1.89 bits per heavy atom. The average molecular weight is 235 g/mol. The minimum atomic E-state index is 0.792. The monoisotopic (exact) mass is 235 g/mol. The summed E-state index contributed by atoms with van der Waals surface area (Å²) in [5.74, 6) is 0. The first-order valence-electron chi connectivity index (χ1n) is 5.78. The fourth-order valence-corrected chi connectivity index (χ4v) is 2.01. The molecule has 0 aliphatic carbocycles. The lowest BCUT2D eigenvalue weighted by Crippen LogP contribution is -1.92. The van der Waals surface area contributed by atoms with Crippen molar-refractivity contribution in [2.24, 2.45) is 0 Å². The van der Waals surface area contributed by atoms with E-state index < -0.39 is 0 Å². The van der Waals surface area contributed by atoms with Gasteiger partial charge in [0.05, 0.1) is 6.33 Å². The number of aromatic nitrogens is 2. The summed E-state index contributed by atoms with van der Waals surface area (Å²) < 4.78 is 1.97. The summed E-state index contributed by atoms with van der Waals surface area (Å²) in [5, 5.41) is 0. The third kappa shape index (κ3) is 1.86. The number of anilines is 1. The lowest BCUT2D eigenvalue weighted by Gasteiger charge is -2.08. The van der Waals surface area contributed by atoms with Crippen molar-refractivity contribution in [3.05, 3.63) is 67.3 Å². The van der Waals surface area contributed by atoms with Gasteiger partial charge in [-0.2, -0.15) is 0 Å². The molecule has 3 aromatic rings. The van der Waals surface area contributed by atoms with Gasteiger partial charge in [0.1, 0.15) is 0 Å². The van der Waals surface area contributed by atoms with Crippen LogP contribution in [0.2, 0.25) is 0 Å². The van der Waals surface area contributed by atoms with Gasteiger partial charge in [0.2, 0.25) is 0 Å². The zero-order chi connectivity index (χ0) is 12.4. The molecule has 18 heavy (non-hydrogen) atoms. The first kappa shape index (κ1) is 10.6. The molecule has 0 saturated carbocycles. The molecule has 0 spiro atoms. The van der Waals surface area contributed by atoms with Crippen LogP contribution in [0.4, 0.5) is 5.69 Å². The summed E-state index contributed by atoms with van der Waals surface area (Å²) in [4.78, 5) is 4.06. The van der Waals surface area contributed by atoms with Crippen LogP contribution in [0.25, 0.3) is 16.8 Å². The number of nitrogens with two attached hydrogens (primary N) is 1. The van der Waals surface area contributed by atoms with Crippen LogP contribution in [0, 0.1) is 0 Å². The maximum Gasteiger partial charge on any atom is 0.0991 e. The van der Waals surface area contributed by atoms with Crippen molar-refractivity contribution in [2.75, 3.05) is 5.73 Å². The molecule has 1 heterocycles. The molecule has 2 N–H and O–H groups in total. The van der Waals surface area contributed by atoms with E-state index in [4.69, 9.17) is 5.73 Å². The van der Waals surface area contributed by atoms with E-state index in [-0.39, 0.29) is 0 Å². The van der Waals surface area contributed by atoms with Gasteiger partial charge in [-0.15, -0.1) is 0 Å². The second-order valence-electron chi connectivity index (χ2n) is 4.11. The molecule has 0 unspecified atom stereocenters.